The fraction of sp³-hybridized carbons (Fsp3) is 1.00. The van der Waals surface area contributed by atoms with Crippen molar-refractivity contribution in [3.05, 3.63) is 0 Å². The number of aliphatic hydroxyl groups excluding tert-OH is 3. The summed E-state index contributed by atoms with van der Waals surface area (Å²) >= 11 is 0. The van der Waals surface area contributed by atoms with Crippen LogP contribution in [0, 0.1) is 5.41 Å². The van der Waals surface area contributed by atoms with Crippen LogP contribution < -0.4 is 5.73 Å². The zero-order valence-electron chi connectivity index (χ0n) is 15.7. The molecule has 2 aliphatic heterocycles. The second kappa shape index (κ2) is 8.14. The Labute approximate surface area is 149 Å². The zero-order valence-corrected chi connectivity index (χ0v) is 15.7. The SMILES string of the molecule is CO[C@H]1C(COC2C[C@@H](N)[C@@H](O)C(C)O2)O[C@@H](C(C)(C)C)C(O)[C@H]1O. The molecule has 25 heavy (non-hydrogen) atoms. The fourth-order valence-corrected chi connectivity index (χ4v) is 3.48. The molecule has 2 heterocycles. The minimum Gasteiger partial charge on any atom is -0.389 e. The van der Waals surface area contributed by atoms with E-state index in [1.807, 2.05) is 20.8 Å². The number of aliphatic hydroxyl groups is 3. The van der Waals surface area contributed by atoms with E-state index in [0.717, 1.165) is 0 Å². The molecule has 0 aromatic rings. The molecule has 2 aliphatic rings. The number of ether oxygens (including phenoxy) is 4. The van der Waals surface area contributed by atoms with Gasteiger partial charge in [0.2, 0.25) is 0 Å². The average molecular weight is 363 g/mol. The van der Waals surface area contributed by atoms with E-state index in [1.165, 1.54) is 7.11 Å². The summed E-state index contributed by atoms with van der Waals surface area (Å²) in [6, 6.07) is -0.422. The molecule has 2 rings (SSSR count). The van der Waals surface area contributed by atoms with Crippen molar-refractivity contribution in [1.29, 1.82) is 0 Å². The molecule has 0 saturated carbocycles. The molecule has 9 atom stereocenters. The highest BCUT2D eigenvalue weighted by Gasteiger charge is 2.49. The van der Waals surface area contributed by atoms with Crippen molar-refractivity contribution in [1.82, 2.24) is 0 Å². The Bertz CT molecular complexity index is 418. The smallest absolute Gasteiger partial charge is 0.159 e. The van der Waals surface area contributed by atoms with Gasteiger partial charge in [-0.05, 0) is 12.3 Å². The second-order valence-electron chi connectivity index (χ2n) is 8.14. The minimum absolute atomic E-state index is 0.120. The number of nitrogens with two attached hydrogens (primary N) is 1. The molecule has 148 valence electrons. The number of hydrogen-bond donors (Lipinski definition) is 4. The molecule has 2 fully saturated rings. The van der Waals surface area contributed by atoms with Crippen LogP contribution in [-0.4, -0.2) is 84.1 Å². The van der Waals surface area contributed by atoms with Crippen LogP contribution in [0.4, 0.5) is 0 Å². The molecule has 0 bridgehead atoms. The van der Waals surface area contributed by atoms with Crippen molar-refractivity contribution in [2.24, 2.45) is 11.1 Å². The van der Waals surface area contributed by atoms with Crippen molar-refractivity contribution in [2.45, 2.75) is 89.2 Å². The van der Waals surface area contributed by atoms with Crippen LogP contribution in [0.25, 0.3) is 0 Å². The van der Waals surface area contributed by atoms with Gasteiger partial charge >= 0.3 is 0 Å². The molecular formula is C17H33NO7. The largest absolute Gasteiger partial charge is 0.389 e. The first-order valence-corrected chi connectivity index (χ1v) is 8.81. The highest BCUT2D eigenvalue weighted by molar-refractivity contribution is 4.97. The summed E-state index contributed by atoms with van der Waals surface area (Å²) in [5, 5.41) is 30.6. The van der Waals surface area contributed by atoms with Crippen molar-refractivity contribution < 1.29 is 34.3 Å². The third kappa shape index (κ3) is 4.70. The maximum absolute atomic E-state index is 10.4. The Morgan fingerprint density at radius 2 is 1.72 bits per heavy atom. The molecule has 0 amide bonds. The molecule has 0 radical (unpaired) electrons. The summed E-state index contributed by atoms with van der Waals surface area (Å²) in [5.74, 6) is 0. The molecule has 8 nitrogen and oxygen atoms in total. The third-order valence-electron chi connectivity index (χ3n) is 5.01. The first-order chi connectivity index (χ1) is 11.6. The van der Waals surface area contributed by atoms with Gasteiger partial charge in [-0.25, -0.2) is 0 Å². The van der Waals surface area contributed by atoms with Crippen molar-refractivity contribution in [2.75, 3.05) is 13.7 Å². The summed E-state index contributed by atoms with van der Waals surface area (Å²) in [6.07, 6.45) is -5.30. The van der Waals surface area contributed by atoms with Gasteiger partial charge in [-0.2, -0.15) is 0 Å². The lowest BCUT2D eigenvalue weighted by molar-refractivity contribution is -0.280. The van der Waals surface area contributed by atoms with E-state index in [4.69, 9.17) is 24.7 Å². The number of rotatable bonds is 4. The van der Waals surface area contributed by atoms with Crippen LogP contribution in [0.1, 0.15) is 34.1 Å². The topological polar surface area (TPSA) is 124 Å². The monoisotopic (exact) mass is 363 g/mol. The minimum atomic E-state index is -1.08. The van der Waals surface area contributed by atoms with Crippen LogP contribution in [0.2, 0.25) is 0 Å². The summed E-state index contributed by atoms with van der Waals surface area (Å²) in [5.41, 5.74) is 5.54. The van der Waals surface area contributed by atoms with Gasteiger partial charge < -0.3 is 40.0 Å². The lowest BCUT2D eigenvalue weighted by Gasteiger charge is -2.47. The first kappa shape index (κ1) is 21.0. The lowest BCUT2D eigenvalue weighted by Crippen LogP contribution is -2.62. The predicted octanol–water partition coefficient (Wildman–Crippen LogP) is -0.624. The van der Waals surface area contributed by atoms with E-state index in [0.29, 0.717) is 6.42 Å². The lowest BCUT2D eigenvalue weighted by atomic mass is 9.80. The van der Waals surface area contributed by atoms with Gasteiger partial charge in [0.1, 0.15) is 24.4 Å². The standard InChI is InChI=1S/C17H33NO7/c1-8-12(19)9(18)6-11(24-8)23-7-10-15(22-5)13(20)14(21)16(25-10)17(2,3)4/h8-16,19-21H,6-7,18H2,1-5H3/t8?,9-,10?,11?,12+,13-,14?,15+,16-/m1/s1. The average Bonchev–Trinajstić information content (AvgIpc) is 2.52. The Kier molecular flexibility index (Phi) is 6.83. The van der Waals surface area contributed by atoms with E-state index in [1.54, 1.807) is 6.92 Å². The first-order valence-electron chi connectivity index (χ1n) is 8.81. The van der Waals surface area contributed by atoms with Gasteiger partial charge in [0, 0.05) is 19.6 Å². The number of hydrogen-bond acceptors (Lipinski definition) is 8. The Morgan fingerprint density at radius 3 is 2.24 bits per heavy atom. The Morgan fingerprint density at radius 1 is 1.08 bits per heavy atom. The van der Waals surface area contributed by atoms with Crippen LogP contribution in [0.3, 0.4) is 0 Å². The van der Waals surface area contributed by atoms with Gasteiger partial charge in [0.25, 0.3) is 0 Å². The second-order valence-corrected chi connectivity index (χ2v) is 8.14. The van der Waals surface area contributed by atoms with Gasteiger partial charge in [-0.1, -0.05) is 20.8 Å². The quantitative estimate of drug-likeness (QED) is 0.521. The van der Waals surface area contributed by atoms with Crippen molar-refractivity contribution in [3.63, 3.8) is 0 Å². The van der Waals surface area contributed by atoms with Crippen molar-refractivity contribution >= 4 is 0 Å². The Balaban J connectivity index is 2.01. The van der Waals surface area contributed by atoms with Gasteiger partial charge in [0.15, 0.2) is 6.29 Å². The number of methoxy groups -OCH3 is 1. The highest BCUT2D eigenvalue weighted by atomic mass is 16.7. The maximum atomic E-state index is 10.4. The van der Waals surface area contributed by atoms with E-state index >= 15 is 0 Å². The maximum Gasteiger partial charge on any atom is 0.159 e. The summed E-state index contributed by atoms with van der Waals surface area (Å²) in [7, 11) is 1.46. The van der Waals surface area contributed by atoms with Crippen LogP contribution in [-0.2, 0) is 18.9 Å². The van der Waals surface area contributed by atoms with E-state index in [9.17, 15) is 15.3 Å². The fourth-order valence-electron chi connectivity index (χ4n) is 3.48. The van der Waals surface area contributed by atoms with Gasteiger partial charge in [-0.15, -0.1) is 0 Å². The Hall–Kier alpha value is -0.320. The van der Waals surface area contributed by atoms with E-state index in [2.05, 4.69) is 0 Å². The van der Waals surface area contributed by atoms with Gasteiger partial charge in [-0.3, -0.25) is 0 Å². The van der Waals surface area contributed by atoms with E-state index in [-0.39, 0.29) is 12.0 Å². The molecule has 0 aliphatic carbocycles. The van der Waals surface area contributed by atoms with E-state index < -0.39 is 55.1 Å². The van der Waals surface area contributed by atoms with Crippen LogP contribution in [0.5, 0.6) is 0 Å². The van der Waals surface area contributed by atoms with Gasteiger partial charge in [0.05, 0.1) is 24.9 Å². The molecule has 0 spiro atoms. The molecule has 5 N–H and O–H groups in total. The third-order valence-corrected chi connectivity index (χ3v) is 5.01. The van der Waals surface area contributed by atoms with Crippen LogP contribution >= 0.6 is 0 Å². The predicted molar refractivity (Wildman–Crippen MR) is 89.8 cm³/mol. The van der Waals surface area contributed by atoms with Crippen LogP contribution in [0.15, 0.2) is 0 Å². The molecule has 8 heteroatoms. The normalized spacial score (nSPS) is 46.2. The summed E-state index contributed by atoms with van der Waals surface area (Å²) in [4.78, 5) is 0. The summed E-state index contributed by atoms with van der Waals surface area (Å²) < 4.78 is 22.7. The molecular weight excluding hydrogens is 330 g/mol. The summed E-state index contributed by atoms with van der Waals surface area (Å²) in [6.45, 7) is 7.67. The zero-order chi connectivity index (χ0) is 18.9. The molecule has 0 aromatic carbocycles. The van der Waals surface area contributed by atoms with Crippen molar-refractivity contribution in [3.8, 4) is 0 Å². The molecule has 2 saturated heterocycles. The highest BCUT2D eigenvalue weighted by Crippen LogP contribution is 2.34. The molecule has 0 aromatic heterocycles. The molecule has 4 unspecified atom stereocenters.